The number of hydrogen-bond donors (Lipinski definition) is 1. The molecule has 2 N–H and O–H groups in total. The van der Waals surface area contributed by atoms with Crippen LogP contribution in [0.1, 0.15) is 25.3 Å². The molecule has 1 saturated heterocycles. The van der Waals surface area contributed by atoms with Gasteiger partial charge in [0.15, 0.2) is 0 Å². The lowest BCUT2D eigenvalue weighted by Crippen LogP contribution is -2.41. The summed E-state index contributed by atoms with van der Waals surface area (Å²) in [5.74, 6) is 0. The maximum absolute atomic E-state index is 6.36. The molecule has 4 heteroatoms. The van der Waals surface area contributed by atoms with Gasteiger partial charge in [0.05, 0.1) is 5.54 Å². The fourth-order valence-electron chi connectivity index (χ4n) is 1.95. The van der Waals surface area contributed by atoms with Gasteiger partial charge in [-0.05, 0) is 20.3 Å². The van der Waals surface area contributed by atoms with Crippen molar-refractivity contribution >= 4 is 11.3 Å². The molecule has 0 aliphatic carbocycles. The van der Waals surface area contributed by atoms with E-state index in [-0.39, 0.29) is 5.54 Å². The van der Waals surface area contributed by atoms with Crippen LogP contribution in [-0.2, 0) is 5.54 Å². The summed E-state index contributed by atoms with van der Waals surface area (Å²) in [7, 11) is 0. The molecule has 0 saturated carbocycles. The van der Waals surface area contributed by atoms with Crippen LogP contribution in [0.4, 0.5) is 0 Å². The molecule has 1 aliphatic heterocycles. The minimum absolute atomic E-state index is 0.196. The summed E-state index contributed by atoms with van der Waals surface area (Å²) in [5.41, 5.74) is 6.16. The normalized spacial score (nSPS) is 28.9. The van der Waals surface area contributed by atoms with Gasteiger partial charge in [-0.1, -0.05) is 0 Å². The van der Waals surface area contributed by atoms with Crippen molar-refractivity contribution in [2.45, 2.75) is 31.8 Å². The molecule has 2 rings (SSSR count). The number of nitrogens with two attached hydrogens (primary N) is 1. The van der Waals surface area contributed by atoms with Gasteiger partial charge < -0.3 is 5.73 Å². The minimum Gasteiger partial charge on any atom is -0.318 e. The van der Waals surface area contributed by atoms with Crippen LogP contribution in [0.2, 0.25) is 0 Å². The molecule has 0 amide bonds. The minimum atomic E-state index is -0.196. The third kappa shape index (κ3) is 1.69. The van der Waals surface area contributed by atoms with E-state index < -0.39 is 0 Å². The zero-order valence-corrected chi connectivity index (χ0v) is 9.55. The molecule has 0 bridgehead atoms. The van der Waals surface area contributed by atoms with Crippen molar-refractivity contribution in [1.82, 2.24) is 9.88 Å². The van der Waals surface area contributed by atoms with E-state index in [1.807, 2.05) is 11.6 Å². The number of hydrogen-bond acceptors (Lipinski definition) is 4. The van der Waals surface area contributed by atoms with E-state index in [2.05, 4.69) is 23.7 Å². The Bertz CT molecular complexity index is 296. The van der Waals surface area contributed by atoms with Crippen molar-refractivity contribution in [3.8, 4) is 0 Å². The van der Waals surface area contributed by atoms with Crippen molar-refractivity contribution in [2.75, 3.05) is 13.1 Å². The van der Waals surface area contributed by atoms with Crippen LogP contribution in [0.25, 0.3) is 0 Å². The van der Waals surface area contributed by atoms with Gasteiger partial charge in [0.1, 0.15) is 5.01 Å². The maximum Gasteiger partial charge on any atom is 0.114 e. The van der Waals surface area contributed by atoms with Crippen molar-refractivity contribution < 1.29 is 0 Å². The highest BCUT2D eigenvalue weighted by molar-refractivity contribution is 7.09. The highest BCUT2D eigenvalue weighted by Crippen LogP contribution is 2.31. The lowest BCUT2D eigenvalue weighted by molar-refractivity contribution is 0.257. The summed E-state index contributed by atoms with van der Waals surface area (Å²) in [5, 5.41) is 3.09. The smallest absolute Gasteiger partial charge is 0.114 e. The third-order valence-corrected chi connectivity index (χ3v) is 3.91. The second-order valence-electron chi connectivity index (χ2n) is 4.31. The van der Waals surface area contributed by atoms with Crippen LogP contribution >= 0.6 is 11.3 Å². The zero-order chi connectivity index (χ0) is 10.2. The van der Waals surface area contributed by atoms with E-state index in [0.29, 0.717) is 6.04 Å². The van der Waals surface area contributed by atoms with Gasteiger partial charge in [0, 0.05) is 30.7 Å². The molecule has 0 spiro atoms. The Morgan fingerprint density at radius 1 is 1.64 bits per heavy atom. The SMILES string of the molecule is CC(C)N1CCC(N)(c2nccs2)C1. The van der Waals surface area contributed by atoms with E-state index in [1.54, 1.807) is 11.3 Å². The van der Waals surface area contributed by atoms with E-state index in [9.17, 15) is 0 Å². The molecule has 0 aromatic carbocycles. The molecule has 0 radical (unpaired) electrons. The van der Waals surface area contributed by atoms with Gasteiger partial charge in [0.25, 0.3) is 0 Å². The standard InChI is InChI=1S/C10H17N3S/c1-8(2)13-5-3-10(11,7-13)9-12-4-6-14-9/h4,6,8H,3,5,7,11H2,1-2H3. The van der Waals surface area contributed by atoms with Crippen LogP contribution in [-0.4, -0.2) is 29.0 Å². The summed E-state index contributed by atoms with van der Waals surface area (Å²) in [6, 6.07) is 0.584. The van der Waals surface area contributed by atoms with E-state index >= 15 is 0 Å². The Labute approximate surface area is 88.9 Å². The first kappa shape index (κ1) is 10.1. The van der Waals surface area contributed by atoms with Crippen molar-refractivity contribution in [2.24, 2.45) is 5.73 Å². The lowest BCUT2D eigenvalue weighted by Gasteiger charge is -2.24. The Morgan fingerprint density at radius 2 is 2.43 bits per heavy atom. The highest BCUT2D eigenvalue weighted by atomic mass is 32.1. The predicted molar refractivity (Wildman–Crippen MR) is 59.3 cm³/mol. The monoisotopic (exact) mass is 211 g/mol. The number of rotatable bonds is 2. The summed E-state index contributed by atoms with van der Waals surface area (Å²) in [4.78, 5) is 6.75. The third-order valence-electron chi connectivity index (χ3n) is 2.92. The molecule has 78 valence electrons. The average Bonchev–Trinajstić information content (AvgIpc) is 2.71. The fraction of sp³-hybridized carbons (Fsp3) is 0.700. The first-order valence-corrected chi connectivity index (χ1v) is 5.93. The Hall–Kier alpha value is -0.450. The number of thiazole rings is 1. The zero-order valence-electron chi connectivity index (χ0n) is 8.73. The van der Waals surface area contributed by atoms with Crippen LogP contribution in [0, 0.1) is 0 Å². The van der Waals surface area contributed by atoms with Gasteiger partial charge in [-0.3, -0.25) is 4.90 Å². The second-order valence-corrected chi connectivity index (χ2v) is 5.20. The predicted octanol–water partition coefficient (Wildman–Crippen LogP) is 1.41. The topological polar surface area (TPSA) is 42.1 Å². The van der Waals surface area contributed by atoms with E-state index in [4.69, 9.17) is 5.73 Å². The van der Waals surface area contributed by atoms with E-state index in [0.717, 1.165) is 24.5 Å². The largest absolute Gasteiger partial charge is 0.318 e. The van der Waals surface area contributed by atoms with Gasteiger partial charge in [-0.2, -0.15) is 0 Å². The van der Waals surface area contributed by atoms with E-state index in [1.165, 1.54) is 0 Å². The Balaban J connectivity index is 2.13. The lowest BCUT2D eigenvalue weighted by atomic mass is 10.0. The molecule has 1 fully saturated rings. The quantitative estimate of drug-likeness (QED) is 0.804. The van der Waals surface area contributed by atoms with Crippen LogP contribution in [0.15, 0.2) is 11.6 Å². The summed E-state index contributed by atoms with van der Waals surface area (Å²) < 4.78 is 0. The molecule has 14 heavy (non-hydrogen) atoms. The van der Waals surface area contributed by atoms with Crippen molar-refractivity contribution in [3.63, 3.8) is 0 Å². The molecule has 1 unspecified atom stereocenters. The molecule has 1 aromatic rings. The summed E-state index contributed by atoms with van der Waals surface area (Å²) >= 11 is 1.67. The average molecular weight is 211 g/mol. The van der Waals surface area contributed by atoms with Gasteiger partial charge in [-0.25, -0.2) is 4.98 Å². The fourth-order valence-corrected chi connectivity index (χ4v) is 2.72. The molecule has 3 nitrogen and oxygen atoms in total. The number of aromatic nitrogens is 1. The molecule has 1 aliphatic rings. The number of nitrogens with zero attached hydrogens (tertiary/aromatic N) is 2. The maximum atomic E-state index is 6.36. The van der Waals surface area contributed by atoms with Gasteiger partial charge >= 0.3 is 0 Å². The summed E-state index contributed by atoms with van der Waals surface area (Å²) in [6.45, 7) is 6.47. The number of likely N-dealkylation sites (tertiary alicyclic amines) is 1. The van der Waals surface area contributed by atoms with Crippen LogP contribution < -0.4 is 5.73 Å². The molecular formula is C10H17N3S. The van der Waals surface area contributed by atoms with Crippen LogP contribution in [0.5, 0.6) is 0 Å². The van der Waals surface area contributed by atoms with Crippen LogP contribution in [0.3, 0.4) is 0 Å². The van der Waals surface area contributed by atoms with Gasteiger partial charge in [-0.15, -0.1) is 11.3 Å². The molecule has 1 aromatic heterocycles. The first-order valence-electron chi connectivity index (χ1n) is 5.05. The van der Waals surface area contributed by atoms with Crippen molar-refractivity contribution in [1.29, 1.82) is 0 Å². The molecule has 2 heterocycles. The first-order chi connectivity index (χ1) is 6.62. The highest BCUT2D eigenvalue weighted by Gasteiger charge is 2.38. The second kappa shape index (κ2) is 3.61. The molecular weight excluding hydrogens is 194 g/mol. The Kier molecular flexibility index (Phi) is 2.60. The summed E-state index contributed by atoms with van der Waals surface area (Å²) in [6.07, 6.45) is 2.87. The van der Waals surface area contributed by atoms with Crippen molar-refractivity contribution in [3.05, 3.63) is 16.6 Å². The Morgan fingerprint density at radius 3 is 2.93 bits per heavy atom. The molecule has 1 atom stereocenters. The van der Waals surface area contributed by atoms with Gasteiger partial charge in [0.2, 0.25) is 0 Å².